The number of carboxylic acid groups (broad SMARTS) is 1. The van der Waals surface area contributed by atoms with Gasteiger partial charge in [-0.1, -0.05) is 13.0 Å². The second kappa shape index (κ2) is 7.33. The second-order valence-electron chi connectivity index (χ2n) is 5.13. The molecule has 0 amide bonds. The van der Waals surface area contributed by atoms with Gasteiger partial charge in [0.2, 0.25) is 0 Å². The number of hydrogen-bond donors (Lipinski definition) is 1. The number of hydrogen-bond acceptors (Lipinski definition) is 3. The molecule has 0 aliphatic carbocycles. The Morgan fingerprint density at radius 1 is 1.57 bits per heavy atom. The largest absolute Gasteiger partial charge is 0.478 e. The van der Waals surface area contributed by atoms with Crippen LogP contribution in [0.4, 0.5) is 4.39 Å². The van der Waals surface area contributed by atoms with Crippen LogP contribution < -0.4 is 0 Å². The highest BCUT2D eigenvalue weighted by Crippen LogP contribution is 2.18. The Morgan fingerprint density at radius 3 is 3.10 bits per heavy atom. The first-order valence-corrected chi connectivity index (χ1v) is 7.11. The molecule has 1 aromatic carbocycles. The average Bonchev–Trinajstić information content (AvgIpc) is 2.48. The van der Waals surface area contributed by atoms with Crippen LogP contribution in [0.15, 0.2) is 24.3 Å². The van der Waals surface area contributed by atoms with E-state index in [0.29, 0.717) is 18.2 Å². The second-order valence-corrected chi connectivity index (χ2v) is 5.13. The van der Waals surface area contributed by atoms with Gasteiger partial charge in [-0.25, -0.2) is 9.18 Å². The lowest BCUT2D eigenvalue weighted by Crippen LogP contribution is -2.44. The van der Waals surface area contributed by atoms with Gasteiger partial charge in [0.25, 0.3) is 0 Å². The molecule has 0 aromatic heterocycles. The molecule has 1 saturated heterocycles. The molecule has 0 bridgehead atoms. The van der Waals surface area contributed by atoms with Crippen molar-refractivity contribution in [2.45, 2.75) is 25.9 Å². The topological polar surface area (TPSA) is 49.8 Å². The van der Waals surface area contributed by atoms with Crippen molar-refractivity contribution in [1.29, 1.82) is 0 Å². The Balaban J connectivity index is 2.12. The van der Waals surface area contributed by atoms with Crippen LogP contribution in [-0.4, -0.2) is 41.8 Å². The zero-order valence-corrected chi connectivity index (χ0v) is 12.1. The molecular formula is C16H20FNO3. The standard InChI is InChI=1S/C16H20FNO3/c1-2-14-11-21-8-7-18(14)10-12-3-5-15(17)13(9-12)4-6-16(19)20/h3-6,9,14H,2,7-8,10-11H2,1H3,(H,19,20). The summed E-state index contributed by atoms with van der Waals surface area (Å²) in [6.45, 7) is 5.14. The molecule has 1 heterocycles. The van der Waals surface area contributed by atoms with Gasteiger partial charge in [-0.05, 0) is 30.2 Å². The fourth-order valence-electron chi connectivity index (χ4n) is 2.49. The number of halogens is 1. The summed E-state index contributed by atoms with van der Waals surface area (Å²) in [7, 11) is 0. The Hall–Kier alpha value is -1.72. The zero-order chi connectivity index (χ0) is 15.2. The lowest BCUT2D eigenvalue weighted by Gasteiger charge is -2.35. The molecule has 4 nitrogen and oxygen atoms in total. The minimum Gasteiger partial charge on any atom is -0.478 e. The number of aliphatic carboxylic acids is 1. The van der Waals surface area contributed by atoms with Gasteiger partial charge in [0.05, 0.1) is 13.2 Å². The number of nitrogens with zero attached hydrogens (tertiary/aromatic N) is 1. The summed E-state index contributed by atoms with van der Waals surface area (Å²) in [4.78, 5) is 12.9. The number of ether oxygens (including phenoxy) is 1. The molecule has 0 saturated carbocycles. The summed E-state index contributed by atoms with van der Waals surface area (Å²) in [5, 5.41) is 8.63. The predicted octanol–water partition coefficient (Wildman–Crippen LogP) is 2.53. The van der Waals surface area contributed by atoms with E-state index >= 15 is 0 Å². The number of carboxylic acids is 1. The fourth-order valence-corrected chi connectivity index (χ4v) is 2.49. The van der Waals surface area contributed by atoms with Crippen LogP contribution in [-0.2, 0) is 16.1 Å². The number of benzene rings is 1. The lowest BCUT2D eigenvalue weighted by molar-refractivity contribution is -0.131. The third-order valence-corrected chi connectivity index (χ3v) is 3.67. The van der Waals surface area contributed by atoms with Gasteiger partial charge in [0.1, 0.15) is 5.82 Å². The van der Waals surface area contributed by atoms with Crippen LogP contribution in [0.25, 0.3) is 6.08 Å². The van der Waals surface area contributed by atoms with Crippen LogP contribution in [0.5, 0.6) is 0 Å². The van der Waals surface area contributed by atoms with Gasteiger partial charge in [0, 0.05) is 30.8 Å². The molecule has 1 aliphatic rings. The molecule has 2 rings (SSSR count). The molecule has 0 radical (unpaired) electrons. The Morgan fingerprint density at radius 2 is 2.38 bits per heavy atom. The van der Waals surface area contributed by atoms with Gasteiger partial charge in [-0.2, -0.15) is 0 Å². The van der Waals surface area contributed by atoms with Crippen molar-refractivity contribution in [1.82, 2.24) is 4.90 Å². The summed E-state index contributed by atoms with van der Waals surface area (Å²) in [6.07, 6.45) is 3.25. The first-order valence-electron chi connectivity index (χ1n) is 7.11. The lowest BCUT2D eigenvalue weighted by atomic mass is 10.1. The van der Waals surface area contributed by atoms with Gasteiger partial charge >= 0.3 is 5.97 Å². The van der Waals surface area contributed by atoms with E-state index in [0.717, 1.165) is 37.8 Å². The van der Waals surface area contributed by atoms with E-state index in [9.17, 15) is 9.18 Å². The maximum atomic E-state index is 13.7. The molecule has 1 N–H and O–H groups in total. The normalized spacial score (nSPS) is 20.0. The molecular weight excluding hydrogens is 273 g/mol. The Labute approximate surface area is 123 Å². The molecule has 114 valence electrons. The maximum absolute atomic E-state index is 13.7. The highest BCUT2D eigenvalue weighted by molar-refractivity contribution is 5.85. The summed E-state index contributed by atoms with van der Waals surface area (Å²) >= 11 is 0. The quantitative estimate of drug-likeness (QED) is 0.848. The van der Waals surface area contributed by atoms with Crippen molar-refractivity contribution in [3.8, 4) is 0 Å². The number of carbonyl (C=O) groups is 1. The van der Waals surface area contributed by atoms with E-state index in [-0.39, 0.29) is 0 Å². The van der Waals surface area contributed by atoms with Gasteiger partial charge in [-0.3, -0.25) is 4.90 Å². The van der Waals surface area contributed by atoms with Gasteiger partial charge in [0.15, 0.2) is 0 Å². The van der Waals surface area contributed by atoms with Crippen molar-refractivity contribution in [3.05, 3.63) is 41.2 Å². The third-order valence-electron chi connectivity index (χ3n) is 3.67. The predicted molar refractivity (Wildman–Crippen MR) is 78.4 cm³/mol. The van der Waals surface area contributed by atoms with Gasteiger partial charge in [-0.15, -0.1) is 0 Å². The molecule has 1 fully saturated rings. The zero-order valence-electron chi connectivity index (χ0n) is 12.1. The van der Waals surface area contributed by atoms with Crippen molar-refractivity contribution >= 4 is 12.0 Å². The van der Waals surface area contributed by atoms with E-state index in [1.54, 1.807) is 12.1 Å². The first-order chi connectivity index (χ1) is 10.1. The Bertz CT molecular complexity index is 530. The third kappa shape index (κ3) is 4.37. The Kier molecular flexibility index (Phi) is 5.47. The van der Waals surface area contributed by atoms with E-state index in [1.807, 2.05) is 0 Å². The van der Waals surface area contributed by atoms with Crippen LogP contribution >= 0.6 is 0 Å². The summed E-state index contributed by atoms with van der Waals surface area (Å²) < 4.78 is 19.1. The van der Waals surface area contributed by atoms with Crippen molar-refractivity contribution in [2.75, 3.05) is 19.8 Å². The SMILES string of the molecule is CCC1COCCN1Cc1ccc(F)c(C=CC(=O)O)c1. The van der Waals surface area contributed by atoms with E-state index in [1.165, 1.54) is 12.1 Å². The molecule has 1 unspecified atom stereocenters. The minimum atomic E-state index is -1.08. The highest BCUT2D eigenvalue weighted by Gasteiger charge is 2.21. The summed E-state index contributed by atoms with van der Waals surface area (Å²) in [5.74, 6) is -1.50. The molecule has 21 heavy (non-hydrogen) atoms. The first kappa shape index (κ1) is 15.7. The highest BCUT2D eigenvalue weighted by atomic mass is 19.1. The minimum absolute atomic E-state index is 0.302. The number of morpholine rings is 1. The molecule has 1 aromatic rings. The van der Waals surface area contributed by atoms with E-state index in [4.69, 9.17) is 9.84 Å². The van der Waals surface area contributed by atoms with Crippen LogP contribution in [0.1, 0.15) is 24.5 Å². The molecule has 5 heteroatoms. The number of rotatable bonds is 5. The van der Waals surface area contributed by atoms with Crippen molar-refractivity contribution in [2.24, 2.45) is 0 Å². The summed E-state index contributed by atoms with van der Waals surface area (Å²) in [5.41, 5.74) is 1.28. The van der Waals surface area contributed by atoms with Crippen LogP contribution in [0.2, 0.25) is 0 Å². The molecule has 0 spiro atoms. The maximum Gasteiger partial charge on any atom is 0.328 e. The smallest absolute Gasteiger partial charge is 0.328 e. The van der Waals surface area contributed by atoms with E-state index in [2.05, 4.69) is 11.8 Å². The summed E-state index contributed by atoms with van der Waals surface area (Å²) in [6, 6.07) is 5.21. The van der Waals surface area contributed by atoms with Crippen molar-refractivity contribution in [3.63, 3.8) is 0 Å². The van der Waals surface area contributed by atoms with Crippen LogP contribution in [0.3, 0.4) is 0 Å². The molecule has 1 atom stereocenters. The molecule has 1 aliphatic heterocycles. The van der Waals surface area contributed by atoms with Crippen molar-refractivity contribution < 1.29 is 19.0 Å². The van der Waals surface area contributed by atoms with E-state index < -0.39 is 11.8 Å². The average molecular weight is 293 g/mol. The monoisotopic (exact) mass is 293 g/mol. The van der Waals surface area contributed by atoms with Gasteiger partial charge < -0.3 is 9.84 Å². The van der Waals surface area contributed by atoms with Crippen LogP contribution in [0, 0.1) is 5.82 Å². The fraction of sp³-hybridized carbons (Fsp3) is 0.438.